The van der Waals surface area contributed by atoms with Gasteiger partial charge in [-0.1, -0.05) is 11.3 Å². The van der Waals surface area contributed by atoms with E-state index < -0.39 is 6.09 Å². The molecule has 2 amide bonds. The van der Waals surface area contributed by atoms with Crippen LogP contribution in [-0.2, 0) is 9.53 Å². The molecule has 6 rings (SSSR count). The monoisotopic (exact) mass is 615 g/mol. The van der Waals surface area contributed by atoms with Crippen LogP contribution in [0, 0.1) is 5.92 Å². The van der Waals surface area contributed by atoms with Gasteiger partial charge in [0, 0.05) is 62.2 Å². The maximum absolute atomic E-state index is 11.5. The summed E-state index contributed by atoms with van der Waals surface area (Å²) >= 11 is 1.62. The van der Waals surface area contributed by atoms with E-state index >= 15 is 0 Å². The maximum atomic E-state index is 11.5. The van der Waals surface area contributed by atoms with Gasteiger partial charge >= 0.3 is 6.09 Å². The van der Waals surface area contributed by atoms with Gasteiger partial charge in [0.2, 0.25) is 5.91 Å². The van der Waals surface area contributed by atoms with Gasteiger partial charge in [-0.05, 0) is 68.7 Å². The van der Waals surface area contributed by atoms with Crippen LogP contribution in [0.4, 0.5) is 10.5 Å². The predicted molar refractivity (Wildman–Crippen MR) is 170 cm³/mol. The molecule has 0 radical (unpaired) electrons. The summed E-state index contributed by atoms with van der Waals surface area (Å²) in [5.41, 5.74) is 5.44. The molecule has 0 unspecified atom stereocenters. The van der Waals surface area contributed by atoms with E-state index in [1.165, 1.54) is 7.11 Å². The van der Waals surface area contributed by atoms with Crippen LogP contribution < -0.4 is 16.0 Å². The Morgan fingerprint density at radius 2 is 1.93 bits per heavy atom. The van der Waals surface area contributed by atoms with E-state index in [9.17, 15) is 9.59 Å². The minimum Gasteiger partial charge on any atom is -0.453 e. The molecule has 2 saturated carbocycles. The fourth-order valence-corrected chi connectivity index (χ4v) is 7.17. The highest BCUT2D eigenvalue weighted by molar-refractivity contribution is 7.14. The zero-order valence-corrected chi connectivity index (χ0v) is 25.9. The third-order valence-corrected chi connectivity index (χ3v) is 9.56. The molecule has 2 aliphatic rings. The topological polar surface area (TPSA) is 148 Å². The number of aliphatic imine (C=N–C) groups is 1. The third-order valence-electron chi connectivity index (χ3n) is 8.44. The predicted octanol–water partition coefficient (Wildman–Crippen LogP) is 4.67. The molecule has 0 atom stereocenters. The Balaban J connectivity index is 1.24. The molecule has 0 aromatic carbocycles. The van der Waals surface area contributed by atoms with Crippen molar-refractivity contribution in [3.63, 3.8) is 0 Å². The zero-order chi connectivity index (χ0) is 30.6. The van der Waals surface area contributed by atoms with Crippen LogP contribution in [-0.4, -0.2) is 75.8 Å². The van der Waals surface area contributed by atoms with E-state index in [1.54, 1.807) is 37.7 Å². The van der Waals surface area contributed by atoms with Gasteiger partial charge in [0.25, 0.3) is 0 Å². The number of pyridine rings is 1. The number of hydrogen-bond donors (Lipinski definition) is 3. The molecule has 3 N–H and O–H groups in total. The fraction of sp³-hybridized carbons (Fsp3) is 0.452. The lowest BCUT2D eigenvalue weighted by atomic mass is 9.80. The van der Waals surface area contributed by atoms with Crippen molar-refractivity contribution >= 4 is 40.8 Å². The molecule has 4 aromatic heterocycles. The zero-order valence-electron chi connectivity index (χ0n) is 25.1. The number of rotatable bonds is 9. The summed E-state index contributed by atoms with van der Waals surface area (Å²) in [6, 6.07) is 8.66. The van der Waals surface area contributed by atoms with Crippen molar-refractivity contribution in [2.75, 3.05) is 26.0 Å². The van der Waals surface area contributed by atoms with Crippen LogP contribution in [0.25, 0.3) is 27.5 Å². The smallest absolute Gasteiger partial charge is 0.406 e. The van der Waals surface area contributed by atoms with Gasteiger partial charge in [0.1, 0.15) is 5.01 Å². The van der Waals surface area contributed by atoms with Crippen LogP contribution >= 0.6 is 11.3 Å². The molecule has 4 aromatic rings. The number of nitrogens with zero attached hydrogens (tertiary/aromatic N) is 6. The Hall–Kier alpha value is -4.39. The summed E-state index contributed by atoms with van der Waals surface area (Å²) in [4.78, 5) is 31.9. The van der Waals surface area contributed by atoms with E-state index in [0.29, 0.717) is 18.4 Å². The maximum Gasteiger partial charge on any atom is 0.406 e. The second kappa shape index (κ2) is 13.1. The summed E-state index contributed by atoms with van der Waals surface area (Å²) < 4.78 is 6.59. The van der Waals surface area contributed by atoms with Crippen LogP contribution in [0.5, 0.6) is 0 Å². The number of amides is 2. The average Bonchev–Trinajstić information content (AvgIpc) is 3.66. The number of nitrogens with one attached hydrogen (secondary N) is 3. The first kappa shape index (κ1) is 29.7. The van der Waals surface area contributed by atoms with Gasteiger partial charge in [0.15, 0.2) is 5.01 Å². The van der Waals surface area contributed by atoms with E-state index in [4.69, 9.17) is 9.72 Å². The highest BCUT2D eigenvalue weighted by atomic mass is 32.1. The molecule has 4 heterocycles. The number of anilines is 1. The first-order valence-electron chi connectivity index (χ1n) is 15.0. The first-order valence-corrected chi connectivity index (χ1v) is 15.8. The third kappa shape index (κ3) is 6.57. The van der Waals surface area contributed by atoms with Gasteiger partial charge in [-0.15, -0.1) is 10.2 Å². The number of hydrogen-bond acceptors (Lipinski definition) is 10. The van der Waals surface area contributed by atoms with Crippen LogP contribution in [0.1, 0.15) is 61.9 Å². The van der Waals surface area contributed by atoms with Crippen molar-refractivity contribution in [1.29, 1.82) is 0 Å². The van der Waals surface area contributed by atoms with E-state index in [1.807, 2.05) is 28.9 Å². The van der Waals surface area contributed by atoms with Crippen molar-refractivity contribution in [3.8, 4) is 22.0 Å². The summed E-state index contributed by atoms with van der Waals surface area (Å²) in [6.45, 7) is 2.17. The molecule has 0 bridgehead atoms. The minimum absolute atomic E-state index is 0.0276. The van der Waals surface area contributed by atoms with Crippen LogP contribution in [0.3, 0.4) is 0 Å². The standard InChI is InChI=1S/C31H37N9O3S/c1-18(41)36-22-6-4-21(5-7-22)29-38-39-30(44-29)25-17-33-27(28-9-8-24-12-20(14-32-2)16-35-40(24)28)13-26(25)37-23-10-19(11-23)15-34-31(42)43-3/h8-9,12-14,16-17,19,21-23H,4-7,10-11,15H2,1-3H3,(H,33,37)(H,34,42)(H,36,41)/b32-14-. The molecule has 0 spiro atoms. The molecular weight excluding hydrogens is 578 g/mol. The Labute approximate surface area is 259 Å². The van der Waals surface area contributed by atoms with Gasteiger partial charge < -0.3 is 20.7 Å². The number of carbonyl (C=O) groups excluding carboxylic acids is 2. The number of methoxy groups -OCH3 is 1. The summed E-state index contributed by atoms with van der Waals surface area (Å²) in [7, 11) is 3.12. The van der Waals surface area contributed by atoms with Crippen molar-refractivity contribution in [2.45, 2.75) is 63.5 Å². The second-order valence-electron chi connectivity index (χ2n) is 11.6. The van der Waals surface area contributed by atoms with Crippen molar-refractivity contribution in [3.05, 3.63) is 47.2 Å². The van der Waals surface area contributed by atoms with E-state index in [2.05, 4.69) is 42.3 Å². The minimum atomic E-state index is -0.403. The molecular formula is C31H37N9O3S. The lowest BCUT2D eigenvalue weighted by Crippen LogP contribution is -2.42. The Morgan fingerprint density at radius 1 is 1.11 bits per heavy atom. The normalized spacial score (nSPS) is 21.6. The molecule has 0 aliphatic heterocycles. The van der Waals surface area contributed by atoms with Crippen LogP contribution in [0.2, 0.25) is 0 Å². The molecule has 0 saturated heterocycles. The quantitative estimate of drug-likeness (QED) is 0.230. The molecule has 13 heteroatoms. The number of ether oxygens (including phenoxy) is 1. The lowest BCUT2D eigenvalue weighted by Gasteiger charge is -2.36. The van der Waals surface area contributed by atoms with Crippen molar-refractivity contribution < 1.29 is 14.3 Å². The molecule has 2 aliphatic carbocycles. The second-order valence-corrected chi connectivity index (χ2v) is 12.6. The number of alkyl carbamates (subject to hydrolysis) is 1. The Morgan fingerprint density at radius 3 is 2.68 bits per heavy atom. The van der Waals surface area contributed by atoms with E-state index in [0.717, 1.165) is 82.3 Å². The fourth-order valence-electron chi connectivity index (χ4n) is 6.13. The van der Waals surface area contributed by atoms with E-state index in [-0.39, 0.29) is 18.0 Å². The van der Waals surface area contributed by atoms with Crippen molar-refractivity contribution in [2.24, 2.45) is 10.9 Å². The molecule has 12 nitrogen and oxygen atoms in total. The molecule has 2 fully saturated rings. The Bertz CT molecular complexity index is 1670. The molecule has 230 valence electrons. The van der Waals surface area contributed by atoms with Gasteiger partial charge in [-0.25, -0.2) is 9.31 Å². The molecule has 44 heavy (non-hydrogen) atoms. The largest absolute Gasteiger partial charge is 0.453 e. The summed E-state index contributed by atoms with van der Waals surface area (Å²) in [6.07, 6.45) is 10.8. The number of carbonyl (C=O) groups is 2. The van der Waals surface area contributed by atoms with Crippen LogP contribution in [0.15, 0.2) is 41.7 Å². The number of fused-ring (bicyclic) bond motifs is 1. The lowest BCUT2D eigenvalue weighted by molar-refractivity contribution is -0.119. The summed E-state index contributed by atoms with van der Waals surface area (Å²) in [5.74, 6) is 0.752. The SMILES string of the molecule is C/N=C\c1cnn2c(-c3cc(NC4CC(CNC(=O)OC)C4)c(-c4nnc(C5CCC(NC(C)=O)CC5)s4)cn3)ccc2c1. The average molecular weight is 616 g/mol. The van der Waals surface area contributed by atoms with Gasteiger partial charge in [0.05, 0.1) is 35.8 Å². The first-order chi connectivity index (χ1) is 21.4. The Kier molecular flexibility index (Phi) is 8.82. The highest BCUT2D eigenvalue weighted by Crippen LogP contribution is 2.40. The van der Waals surface area contributed by atoms with Crippen molar-refractivity contribution in [1.82, 2.24) is 35.4 Å². The van der Waals surface area contributed by atoms with Gasteiger partial charge in [-0.2, -0.15) is 5.10 Å². The van der Waals surface area contributed by atoms with Gasteiger partial charge in [-0.3, -0.25) is 14.8 Å². The highest BCUT2D eigenvalue weighted by Gasteiger charge is 2.31. The number of aromatic nitrogens is 5. The summed E-state index contributed by atoms with van der Waals surface area (Å²) in [5, 5.41) is 25.3.